The predicted octanol–water partition coefficient (Wildman–Crippen LogP) is 6.27. The van der Waals surface area contributed by atoms with E-state index in [-0.39, 0.29) is 0 Å². The Hall–Kier alpha value is -2.71. The second kappa shape index (κ2) is 4.90. The van der Waals surface area contributed by atoms with E-state index in [2.05, 4.69) is 65.6 Å². The van der Waals surface area contributed by atoms with E-state index in [1.54, 1.807) is 0 Å². The largest absolute Gasteiger partial charge is 0.256 e. The highest BCUT2D eigenvalue weighted by molar-refractivity contribution is 7.27. The molecule has 0 unspecified atom stereocenters. The zero-order chi connectivity index (χ0) is 15.2. The number of hydrogen-bond acceptors (Lipinski definition) is 2. The number of nitrogens with zero attached hydrogens (tertiary/aromatic N) is 1. The van der Waals surface area contributed by atoms with Crippen LogP contribution in [0.15, 0.2) is 79.0 Å². The van der Waals surface area contributed by atoms with Gasteiger partial charge in [-0.1, -0.05) is 60.7 Å². The SMILES string of the molecule is c1ccc(-c2cccc3c2sc2c4ccccc4ccc32)nc1. The van der Waals surface area contributed by atoms with Crippen molar-refractivity contribution in [2.75, 3.05) is 0 Å². The fourth-order valence-electron chi connectivity index (χ4n) is 3.25. The molecular formula is C21H13NS. The number of fused-ring (bicyclic) bond motifs is 5. The zero-order valence-electron chi connectivity index (χ0n) is 12.4. The van der Waals surface area contributed by atoms with Crippen LogP contribution in [0.5, 0.6) is 0 Å². The molecule has 5 aromatic rings. The highest BCUT2D eigenvalue weighted by Gasteiger charge is 2.12. The van der Waals surface area contributed by atoms with Crippen LogP contribution < -0.4 is 0 Å². The summed E-state index contributed by atoms with van der Waals surface area (Å²) in [5, 5.41) is 5.28. The summed E-state index contributed by atoms with van der Waals surface area (Å²) < 4.78 is 2.68. The molecule has 0 aliphatic carbocycles. The van der Waals surface area contributed by atoms with Crippen molar-refractivity contribution in [3.8, 4) is 11.3 Å². The second-order valence-electron chi connectivity index (χ2n) is 5.66. The Kier molecular flexibility index (Phi) is 2.73. The maximum Gasteiger partial charge on any atom is 0.0716 e. The van der Waals surface area contributed by atoms with Gasteiger partial charge in [0, 0.05) is 31.9 Å². The molecule has 0 aliphatic rings. The molecule has 0 N–H and O–H groups in total. The summed E-state index contributed by atoms with van der Waals surface area (Å²) >= 11 is 1.87. The highest BCUT2D eigenvalue weighted by Crippen LogP contribution is 2.42. The van der Waals surface area contributed by atoms with E-state index in [9.17, 15) is 0 Å². The summed E-state index contributed by atoms with van der Waals surface area (Å²) in [5.74, 6) is 0. The molecule has 0 atom stereocenters. The summed E-state index contributed by atoms with van der Waals surface area (Å²) in [6.07, 6.45) is 1.86. The number of aromatic nitrogens is 1. The fourth-order valence-corrected chi connectivity index (χ4v) is 4.61. The first-order valence-electron chi connectivity index (χ1n) is 7.66. The molecule has 0 amide bonds. The molecule has 2 heteroatoms. The van der Waals surface area contributed by atoms with Crippen LogP contribution in [0.3, 0.4) is 0 Å². The van der Waals surface area contributed by atoms with E-state index in [1.165, 1.54) is 36.5 Å². The van der Waals surface area contributed by atoms with Crippen LogP contribution >= 0.6 is 11.3 Å². The van der Waals surface area contributed by atoms with Gasteiger partial charge in [-0.2, -0.15) is 0 Å². The van der Waals surface area contributed by atoms with E-state index in [4.69, 9.17) is 0 Å². The van der Waals surface area contributed by atoms with E-state index in [1.807, 2.05) is 29.7 Å². The highest BCUT2D eigenvalue weighted by atomic mass is 32.1. The maximum absolute atomic E-state index is 4.54. The molecule has 23 heavy (non-hydrogen) atoms. The Balaban J connectivity index is 1.95. The summed E-state index contributed by atoms with van der Waals surface area (Å²) in [4.78, 5) is 4.54. The van der Waals surface area contributed by atoms with Crippen LogP contribution in [-0.4, -0.2) is 4.98 Å². The molecule has 2 aromatic heterocycles. The Labute approximate surface area is 137 Å². The number of benzene rings is 3. The molecule has 3 aromatic carbocycles. The van der Waals surface area contributed by atoms with Crippen molar-refractivity contribution in [2.24, 2.45) is 0 Å². The van der Waals surface area contributed by atoms with Gasteiger partial charge in [0.15, 0.2) is 0 Å². The van der Waals surface area contributed by atoms with Gasteiger partial charge in [0.05, 0.1) is 5.69 Å². The van der Waals surface area contributed by atoms with E-state index < -0.39 is 0 Å². The lowest BCUT2D eigenvalue weighted by molar-refractivity contribution is 1.33. The first-order chi connectivity index (χ1) is 11.4. The summed E-state index contributed by atoms with van der Waals surface area (Å²) in [5.41, 5.74) is 2.25. The van der Waals surface area contributed by atoms with Gasteiger partial charge in [0.25, 0.3) is 0 Å². The molecule has 0 saturated carbocycles. The zero-order valence-corrected chi connectivity index (χ0v) is 13.2. The average molecular weight is 311 g/mol. The Bertz CT molecular complexity index is 1160. The standard InChI is InChI=1S/C21H13NS/c1-2-7-15-14(6-1)11-12-17-16-8-5-9-18(21(16)23-20(15)17)19-10-3-4-13-22-19/h1-13H. The molecule has 0 aliphatic heterocycles. The summed E-state index contributed by atoms with van der Waals surface area (Å²) in [6.45, 7) is 0. The van der Waals surface area contributed by atoms with Crippen molar-refractivity contribution >= 4 is 42.3 Å². The van der Waals surface area contributed by atoms with Gasteiger partial charge < -0.3 is 0 Å². The molecule has 5 rings (SSSR count). The van der Waals surface area contributed by atoms with Gasteiger partial charge in [-0.05, 0) is 22.9 Å². The second-order valence-corrected chi connectivity index (χ2v) is 6.68. The van der Waals surface area contributed by atoms with E-state index >= 15 is 0 Å². The third kappa shape index (κ3) is 1.89. The van der Waals surface area contributed by atoms with Crippen molar-refractivity contribution in [1.29, 1.82) is 0 Å². The third-order valence-corrected chi connectivity index (χ3v) is 5.62. The summed E-state index contributed by atoms with van der Waals surface area (Å²) in [6, 6.07) is 25.7. The molecule has 2 heterocycles. The van der Waals surface area contributed by atoms with Crippen LogP contribution in [0.2, 0.25) is 0 Å². The van der Waals surface area contributed by atoms with Gasteiger partial charge in [0.2, 0.25) is 0 Å². The Morgan fingerprint density at radius 2 is 1.43 bits per heavy atom. The van der Waals surface area contributed by atoms with Crippen molar-refractivity contribution in [3.63, 3.8) is 0 Å². The maximum atomic E-state index is 4.54. The van der Waals surface area contributed by atoms with Crippen LogP contribution in [0.1, 0.15) is 0 Å². The molecule has 0 fully saturated rings. The molecule has 0 saturated heterocycles. The minimum absolute atomic E-state index is 1.04. The lowest BCUT2D eigenvalue weighted by Crippen LogP contribution is -1.81. The van der Waals surface area contributed by atoms with E-state index in [0.717, 1.165) is 5.69 Å². The quantitative estimate of drug-likeness (QED) is 0.355. The van der Waals surface area contributed by atoms with Gasteiger partial charge in [-0.3, -0.25) is 4.98 Å². The Morgan fingerprint density at radius 1 is 0.609 bits per heavy atom. The van der Waals surface area contributed by atoms with E-state index in [0.29, 0.717) is 0 Å². The smallest absolute Gasteiger partial charge is 0.0716 e. The first kappa shape index (κ1) is 12.8. The van der Waals surface area contributed by atoms with Crippen molar-refractivity contribution in [2.45, 2.75) is 0 Å². The lowest BCUT2D eigenvalue weighted by Gasteiger charge is -2.01. The minimum Gasteiger partial charge on any atom is -0.256 e. The van der Waals surface area contributed by atoms with Crippen molar-refractivity contribution in [1.82, 2.24) is 4.98 Å². The Morgan fingerprint density at radius 3 is 2.35 bits per heavy atom. The minimum atomic E-state index is 1.04. The van der Waals surface area contributed by atoms with Crippen LogP contribution in [0.4, 0.5) is 0 Å². The lowest BCUT2D eigenvalue weighted by atomic mass is 10.0. The van der Waals surface area contributed by atoms with Crippen molar-refractivity contribution in [3.05, 3.63) is 79.0 Å². The fraction of sp³-hybridized carbons (Fsp3) is 0. The van der Waals surface area contributed by atoms with Crippen molar-refractivity contribution < 1.29 is 0 Å². The molecule has 0 radical (unpaired) electrons. The summed E-state index contributed by atoms with van der Waals surface area (Å²) in [7, 11) is 0. The number of hydrogen-bond donors (Lipinski definition) is 0. The van der Waals surface area contributed by atoms with Gasteiger partial charge in [-0.25, -0.2) is 0 Å². The van der Waals surface area contributed by atoms with Crippen LogP contribution in [0, 0.1) is 0 Å². The van der Waals surface area contributed by atoms with Crippen LogP contribution in [-0.2, 0) is 0 Å². The molecule has 0 bridgehead atoms. The van der Waals surface area contributed by atoms with Gasteiger partial charge >= 0.3 is 0 Å². The molecular weight excluding hydrogens is 298 g/mol. The first-order valence-corrected chi connectivity index (χ1v) is 8.48. The number of thiophene rings is 1. The predicted molar refractivity (Wildman–Crippen MR) is 100 cm³/mol. The number of rotatable bonds is 1. The molecule has 1 nitrogen and oxygen atoms in total. The topological polar surface area (TPSA) is 12.9 Å². The number of pyridine rings is 1. The normalized spacial score (nSPS) is 11.5. The molecule has 108 valence electrons. The van der Waals surface area contributed by atoms with Gasteiger partial charge in [-0.15, -0.1) is 11.3 Å². The van der Waals surface area contributed by atoms with Gasteiger partial charge in [0.1, 0.15) is 0 Å². The van der Waals surface area contributed by atoms with Crippen LogP contribution in [0.25, 0.3) is 42.2 Å². The average Bonchev–Trinajstić information content (AvgIpc) is 3.01. The molecule has 0 spiro atoms. The monoisotopic (exact) mass is 311 g/mol. The third-order valence-electron chi connectivity index (χ3n) is 4.33.